The molecule has 0 atom stereocenters. The molecule has 21 heteroatoms. The summed E-state index contributed by atoms with van der Waals surface area (Å²) < 4.78 is 0. The number of aromatic carboxylic acids is 3. The summed E-state index contributed by atoms with van der Waals surface area (Å²) in [5.74, 6) is -2.70. The number of hydrogen-bond acceptors (Lipinski definition) is 15. The number of rotatable bonds is 3. The van der Waals surface area contributed by atoms with E-state index in [0.717, 1.165) is 17.1 Å². The van der Waals surface area contributed by atoms with Crippen LogP contribution in [0.1, 0.15) is 81.9 Å². The van der Waals surface area contributed by atoms with Crippen LogP contribution in [0.25, 0.3) is 0 Å². The lowest BCUT2D eigenvalue weighted by molar-refractivity contribution is 0.0686. The van der Waals surface area contributed by atoms with Gasteiger partial charge in [-0.25, -0.2) is 44.3 Å². The van der Waals surface area contributed by atoms with E-state index < -0.39 is 17.9 Å². The zero-order chi connectivity index (χ0) is 48.0. The minimum atomic E-state index is -1.05. The Bertz CT molecular complexity index is 2420. The molecular formula is C42H39Cl3N12O6. The van der Waals surface area contributed by atoms with Crippen LogP contribution in [0.2, 0.25) is 15.5 Å². The summed E-state index contributed by atoms with van der Waals surface area (Å²) in [5, 5.41) is 51.5. The fourth-order valence-electron chi connectivity index (χ4n) is 4.09. The molecule has 0 spiro atoms. The molecule has 0 saturated heterocycles. The first-order chi connectivity index (χ1) is 29.5. The Labute approximate surface area is 376 Å². The third-order valence-corrected chi connectivity index (χ3v) is 8.07. The predicted octanol–water partition coefficient (Wildman–Crippen LogP) is 7.76. The molecule has 0 aromatic carbocycles. The molecule has 0 bridgehead atoms. The Morgan fingerprint density at radius 1 is 0.413 bits per heavy atom. The Kier molecular flexibility index (Phi) is 22.2. The third-order valence-electron chi connectivity index (χ3n) is 7.21. The summed E-state index contributed by atoms with van der Waals surface area (Å²) in [6.45, 7) is 10.7. The van der Waals surface area contributed by atoms with Crippen molar-refractivity contribution in [3.8, 4) is 18.2 Å². The highest BCUT2D eigenvalue weighted by atomic mass is 35.5. The minimum absolute atomic E-state index is 0.0391. The van der Waals surface area contributed by atoms with Gasteiger partial charge in [-0.2, -0.15) is 15.8 Å². The van der Waals surface area contributed by atoms with Crippen molar-refractivity contribution in [1.82, 2.24) is 29.9 Å². The fourth-order valence-corrected chi connectivity index (χ4v) is 4.84. The van der Waals surface area contributed by atoms with Gasteiger partial charge in [0, 0.05) is 34.2 Å². The highest BCUT2D eigenvalue weighted by Crippen LogP contribution is 2.14. The molecule has 0 aliphatic heterocycles. The molecule has 6 aromatic rings. The molecule has 0 amide bonds. The first kappa shape index (κ1) is 53.1. The van der Waals surface area contributed by atoms with Gasteiger partial charge >= 0.3 is 17.9 Å². The number of nitriles is 3. The molecule has 18 nitrogen and oxygen atoms in total. The van der Waals surface area contributed by atoms with Gasteiger partial charge in [-0.1, -0.05) is 34.8 Å². The number of nitrogen functional groups attached to an aromatic ring is 3. The monoisotopic (exact) mass is 912 g/mol. The van der Waals surface area contributed by atoms with Crippen LogP contribution < -0.4 is 17.2 Å². The molecule has 9 N–H and O–H groups in total. The molecule has 0 saturated carbocycles. The van der Waals surface area contributed by atoms with Gasteiger partial charge in [0.05, 0.1) is 22.3 Å². The molecule has 0 aliphatic carbocycles. The second-order valence-electron chi connectivity index (χ2n) is 12.3. The lowest BCUT2D eigenvalue weighted by atomic mass is 10.2. The van der Waals surface area contributed by atoms with Gasteiger partial charge < -0.3 is 32.5 Å². The van der Waals surface area contributed by atoms with E-state index in [0.29, 0.717) is 39.6 Å². The van der Waals surface area contributed by atoms with Crippen LogP contribution in [0.15, 0.2) is 72.8 Å². The number of nitrogens with zero attached hydrogens (tertiary/aromatic N) is 9. The number of nitrogens with two attached hydrogens (primary N) is 3. The number of carboxylic acids is 3. The van der Waals surface area contributed by atoms with E-state index in [2.05, 4.69) is 29.9 Å². The number of carbonyl (C=O) groups is 3. The average molecular weight is 914 g/mol. The van der Waals surface area contributed by atoms with E-state index in [1.165, 1.54) is 18.2 Å². The summed E-state index contributed by atoms with van der Waals surface area (Å²) in [6.07, 6.45) is 0. The van der Waals surface area contributed by atoms with Crippen molar-refractivity contribution >= 4 is 70.2 Å². The average Bonchev–Trinajstić information content (AvgIpc) is 3.19. The maximum absolute atomic E-state index is 10.4. The van der Waals surface area contributed by atoms with Crippen molar-refractivity contribution in [2.75, 3.05) is 17.2 Å². The summed E-state index contributed by atoms with van der Waals surface area (Å²) >= 11 is 16.7. The number of aryl methyl sites for hydroxylation is 6. The first-order valence-corrected chi connectivity index (χ1v) is 18.7. The van der Waals surface area contributed by atoms with E-state index in [-0.39, 0.29) is 43.8 Å². The Morgan fingerprint density at radius 3 is 0.921 bits per heavy atom. The highest BCUT2D eigenvalue weighted by molar-refractivity contribution is 6.32. The van der Waals surface area contributed by atoms with Crippen LogP contribution >= 0.6 is 34.8 Å². The molecule has 0 unspecified atom stereocenters. The van der Waals surface area contributed by atoms with Crippen molar-refractivity contribution in [3.05, 3.63) is 156 Å². The smallest absolute Gasteiger partial charge is 0.339 e. The van der Waals surface area contributed by atoms with Gasteiger partial charge in [0.15, 0.2) is 0 Å². The third kappa shape index (κ3) is 18.9. The molecule has 324 valence electrons. The van der Waals surface area contributed by atoms with Crippen LogP contribution in [0, 0.1) is 75.5 Å². The van der Waals surface area contributed by atoms with Gasteiger partial charge in [-0.15, -0.1) is 0 Å². The SMILES string of the molecule is Cc1ccc(C#N)c(Cl)n1.Cc1ccc(C#N)c(Cl)n1.Cc1ccc(C#N)c(N)n1.Cc1ccc(C(=O)O)c(Cl)n1.Cc1ccc(C(=O)O)c(N)n1.Cc1ccc(C(=O)O)c(N)n1. The first-order valence-electron chi connectivity index (χ1n) is 17.5. The molecule has 6 rings (SSSR count). The zero-order valence-corrected chi connectivity index (χ0v) is 36.7. The number of halogens is 3. The summed E-state index contributed by atoms with van der Waals surface area (Å²) in [4.78, 5) is 54.3. The quantitative estimate of drug-likeness (QED) is 0.0923. The van der Waals surface area contributed by atoms with Crippen LogP contribution in [-0.4, -0.2) is 63.1 Å². The molecule has 6 aromatic heterocycles. The second-order valence-corrected chi connectivity index (χ2v) is 13.4. The summed E-state index contributed by atoms with van der Waals surface area (Å²) in [6, 6.07) is 25.2. The predicted molar refractivity (Wildman–Crippen MR) is 237 cm³/mol. The fraction of sp³-hybridized carbons (Fsp3) is 0.143. The van der Waals surface area contributed by atoms with Gasteiger partial charge in [-0.05, 0) is 114 Å². The number of anilines is 3. The number of pyridine rings is 6. The Balaban J connectivity index is 0.000000378. The lowest BCUT2D eigenvalue weighted by Crippen LogP contribution is -2.04. The van der Waals surface area contributed by atoms with E-state index in [4.69, 9.17) is 83.1 Å². The van der Waals surface area contributed by atoms with E-state index in [9.17, 15) is 14.4 Å². The Hall–Kier alpha value is -7.95. The maximum atomic E-state index is 10.4. The van der Waals surface area contributed by atoms with Gasteiger partial charge in [0.1, 0.15) is 62.2 Å². The summed E-state index contributed by atoms with van der Waals surface area (Å²) in [5.41, 5.74) is 22.1. The highest BCUT2D eigenvalue weighted by Gasteiger charge is 2.09. The normalized spacial score (nSPS) is 9.24. The second kappa shape index (κ2) is 26.3. The van der Waals surface area contributed by atoms with Crippen molar-refractivity contribution in [2.45, 2.75) is 41.5 Å². The summed E-state index contributed by atoms with van der Waals surface area (Å²) in [7, 11) is 0. The maximum Gasteiger partial charge on any atom is 0.339 e. The standard InChI is InChI=1S/2C7H5ClN2.C7H6ClNO2.C7H7N3.2C7H8N2O2/c2*1-5-2-3-6(4-9)7(8)10-5;1-4-2-3-5(7(10)11)6(8)9-4;1-5-2-3-6(4-8)7(9)10-5;2*1-4-2-3-5(7(10)11)6(8)9-4/h2*2-3H,1H3;2-3H,1H3,(H,10,11);2-3H,1H3,(H2,9,10);2*2-3H,1H3,(H2,8,9)(H,10,11). The van der Waals surface area contributed by atoms with Gasteiger partial charge in [0.25, 0.3) is 0 Å². The van der Waals surface area contributed by atoms with E-state index in [1.54, 1.807) is 75.4 Å². The van der Waals surface area contributed by atoms with Crippen LogP contribution in [-0.2, 0) is 0 Å². The van der Waals surface area contributed by atoms with Crippen LogP contribution in [0.3, 0.4) is 0 Å². The minimum Gasteiger partial charge on any atom is -0.478 e. The molecule has 0 fully saturated rings. The number of carboxylic acid groups (broad SMARTS) is 3. The topological polar surface area (TPSA) is 339 Å². The molecule has 0 radical (unpaired) electrons. The molecule has 63 heavy (non-hydrogen) atoms. The van der Waals surface area contributed by atoms with Crippen molar-refractivity contribution in [2.24, 2.45) is 0 Å². The zero-order valence-electron chi connectivity index (χ0n) is 34.4. The number of hydrogen-bond donors (Lipinski definition) is 6. The molecular weight excluding hydrogens is 875 g/mol. The number of aromatic nitrogens is 6. The largest absolute Gasteiger partial charge is 0.478 e. The van der Waals surface area contributed by atoms with Crippen LogP contribution in [0.4, 0.5) is 17.5 Å². The van der Waals surface area contributed by atoms with E-state index >= 15 is 0 Å². The van der Waals surface area contributed by atoms with Crippen molar-refractivity contribution < 1.29 is 29.7 Å². The molecule has 6 heterocycles. The van der Waals surface area contributed by atoms with Crippen molar-refractivity contribution in [3.63, 3.8) is 0 Å². The van der Waals surface area contributed by atoms with Gasteiger partial charge in [0.2, 0.25) is 0 Å². The van der Waals surface area contributed by atoms with Gasteiger partial charge in [-0.3, -0.25) is 0 Å². The molecule has 0 aliphatic rings. The van der Waals surface area contributed by atoms with Crippen molar-refractivity contribution in [1.29, 1.82) is 15.8 Å². The van der Waals surface area contributed by atoms with E-state index in [1.807, 2.05) is 39.0 Å². The van der Waals surface area contributed by atoms with Crippen LogP contribution in [0.5, 0.6) is 0 Å². The lowest BCUT2D eigenvalue weighted by Gasteiger charge is -1.98. The Morgan fingerprint density at radius 2 is 0.667 bits per heavy atom.